The first-order chi connectivity index (χ1) is 11.0. The molecule has 1 aromatic rings. The lowest BCUT2D eigenvalue weighted by Crippen LogP contribution is -2.32. The van der Waals surface area contributed by atoms with Gasteiger partial charge in [-0.25, -0.2) is 0 Å². The van der Waals surface area contributed by atoms with Crippen molar-refractivity contribution in [1.82, 2.24) is 4.90 Å². The first kappa shape index (κ1) is 17.1. The molecule has 0 aromatic heterocycles. The minimum atomic E-state index is -0.584. The molecule has 0 aliphatic carbocycles. The van der Waals surface area contributed by atoms with E-state index in [-0.39, 0.29) is 18.4 Å². The zero-order valence-electron chi connectivity index (χ0n) is 13.1. The van der Waals surface area contributed by atoms with E-state index in [1.807, 2.05) is 31.1 Å². The van der Waals surface area contributed by atoms with E-state index < -0.39 is 11.9 Å². The predicted octanol–water partition coefficient (Wildman–Crippen LogP) is 1.40. The Morgan fingerprint density at radius 1 is 1.30 bits per heavy atom. The normalized spacial score (nSPS) is 13.8. The van der Waals surface area contributed by atoms with Crippen LogP contribution in [0.3, 0.4) is 0 Å². The van der Waals surface area contributed by atoms with Crippen molar-refractivity contribution >= 4 is 40.3 Å². The van der Waals surface area contributed by atoms with Crippen LogP contribution in [-0.2, 0) is 14.3 Å². The van der Waals surface area contributed by atoms with Crippen molar-refractivity contribution in [3.63, 3.8) is 0 Å². The van der Waals surface area contributed by atoms with Gasteiger partial charge in [0.1, 0.15) is 6.54 Å². The average Bonchev–Trinajstić information content (AvgIpc) is 2.91. The molecule has 0 unspecified atom stereocenters. The van der Waals surface area contributed by atoms with Gasteiger partial charge in [0.25, 0.3) is 11.1 Å². The molecule has 23 heavy (non-hydrogen) atoms. The van der Waals surface area contributed by atoms with Crippen LogP contribution < -0.4 is 10.2 Å². The summed E-state index contributed by atoms with van der Waals surface area (Å²) in [7, 11) is 3.85. The standard InChI is InChI=1S/C15H19N3O4S/c1-17(2)12-5-3-11(4-6-12)16-13(19)10-22-14(20)9-18-7-8-23-15(18)21/h3-6H,7-10H2,1-2H3,(H,16,19). The van der Waals surface area contributed by atoms with Crippen molar-refractivity contribution in [2.45, 2.75) is 0 Å². The van der Waals surface area contributed by atoms with Crippen LogP contribution in [0, 0.1) is 0 Å². The molecule has 2 amide bonds. The summed E-state index contributed by atoms with van der Waals surface area (Å²) in [6.45, 7) is 0.0447. The highest BCUT2D eigenvalue weighted by atomic mass is 32.2. The number of rotatable bonds is 6. The number of anilines is 2. The predicted molar refractivity (Wildman–Crippen MR) is 89.8 cm³/mol. The number of amides is 2. The van der Waals surface area contributed by atoms with Gasteiger partial charge in [0.05, 0.1) is 0 Å². The highest BCUT2D eigenvalue weighted by Gasteiger charge is 2.24. The summed E-state index contributed by atoms with van der Waals surface area (Å²) >= 11 is 1.17. The Labute approximate surface area is 139 Å². The lowest BCUT2D eigenvalue weighted by molar-refractivity contribution is -0.147. The minimum absolute atomic E-state index is 0.114. The maximum atomic E-state index is 11.8. The molecule has 0 atom stereocenters. The van der Waals surface area contributed by atoms with E-state index in [0.717, 1.165) is 5.69 Å². The second-order valence-electron chi connectivity index (χ2n) is 5.19. The number of nitrogens with zero attached hydrogens (tertiary/aromatic N) is 2. The molecule has 0 spiro atoms. The van der Waals surface area contributed by atoms with Crippen LogP contribution in [0.4, 0.5) is 16.2 Å². The molecule has 7 nitrogen and oxygen atoms in total. The molecule has 124 valence electrons. The summed E-state index contributed by atoms with van der Waals surface area (Å²) in [4.78, 5) is 38.1. The fourth-order valence-electron chi connectivity index (χ4n) is 1.96. The topological polar surface area (TPSA) is 79.0 Å². The third kappa shape index (κ3) is 5.17. The minimum Gasteiger partial charge on any atom is -0.454 e. The fraction of sp³-hybridized carbons (Fsp3) is 0.400. The van der Waals surface area contributed by atoms with E-state index in [1.165, 1.54) is 16.7 Å². The maximum absolute atomic E-state index is 11.8. The Bertz CT molecular complexity index is 589. The molecule has 2 rings (SSSR count). The number of carbonyl (C=O) groups is 3. The summed E-state index contributed by atoms with van der Waals surface area (Å²) in [6.07, 6.45) is 0. The molecule has 1 saturated heterocycles. The number of esters is 1. The molecular weight excluding hydrogens is 318 g/mol. The largest absolute Gasteiger partial charge is 0.454 e. The number of hydrogen-bond donors (Lipinski definition) is 1. The van der Waals surface area contributed by atoms with Crippen LogP contribution in [0.25, 0.3) is 0 Å². The van der Waals surface area contributed by atoms with E-state index >= 15 is 0 Å². The van der Waals surface area contributed by atoms with Gasteiger partial charge in [-0.05, 0) is 24.3 Å². The van der Waals surface area contributed by atoms with Crippen LogP contribution in [0.15, 0.2) is 24.3 Å². The SMILES string of the molecule is CN(C)c1ccc(NC(=O)COC(=O)CN2CCSC2=O)cc1. The molecule has 1 aliphatic heterocycles. The smallest absolute Gasteiger partial charge is 0.326 e. The van der Waals surface area contributed by atoms with Crippen molar-refractivity contribution in [2.24, 2.45) is 0 Å². The molecule has 1 aliphatic rings. The Balaban J connectivity index is 1.74. The molecule has 1 heterocycles. The molecule has 1 fully saturated rings. The highest BCUT2D eigenvalue weighted by molar-refractivity contribution is 8.13. The Morgan fingerprint density at radius 3 is 2.57 bits per heavy atom. The maximum Gasteiger partial charge on any atom is 0.326 e. The zero-order chi connectivity index (χ0) is 16.8. The number of hydrogen-bond acceptors (Lipinski definition) is 6. The monoisotopic (exact) mass is 337 g/mol. The molecule has 0 saturated carbocycles. The summed E-state index contributed by atoms with van der Waals surface area (Å²) in [6, 6.07) is 7.29. The second kappa shape index (κ2) is 7.87. The molecule has 1 aromatic carbocycles. The number of thioether (sulfide) groups is 1. The Morgan fingerprint density at radius 2 is 2.00 bits per heavy atom. The van der Waals surface area contributed by atoms with E-state index in [0.29, 0.717) is 18.0 Å². The fourth-order valence-corrected chi connectivity index (χ4v) is 2.78. The molecule has 0 bridgehead atoms. The third-order valence-corrected chi connectivity index (χ3v) is 4.09. The first-order valence-electron chi connectivity index (χ1n) is 7.10. The van der Waals surface area contributed by atoms with Crippen molar-refractivity contribution in [2.75, 3.05) is 49.8 Å². The van der Waals surface area contributed by atoms with E-state index in [9.17, 15) is 14.4 Å². The average molecular weight is 337 g/mol. The Hall–Kier alpha value is -2.22. The lowest BCUT2D eigenvalue weighted by Gasteiger charge is -2.14. The van der Waals surface area contributed by atoms with Crippen LogP contribution in [0.1, 0.15) is 0 Å². The third-order valence-electron chi connectivity index (χ3n) is 3.20. The van der Waals surface area contributed by atoms with Gasteiger partial charge < -0.3 is 19.9 Å². The van der Waals surface area contributed by atoms with Crippen molar-refractivity contribution < 1.29 is 19.1 Å². The van der Waals surface area contributed by atoms with E-state index in [2.05, 4.69) is 5.32 Å². The summed E-state index contributed by atoms with van der Waals surface area (Å²) in [5.74, 6) is -0.327. The number of ether oxygens (including phenoxy) is 1. The van der Waals surface area contributed by atoms with Gasteiger partial charge in [0.15, 0.2) is 6.61 Å². The van der Waals surface area contributed by atoms with Crippen molar-refractivity contribution in [1.29, 1.82) is 0 Å². The van der Waals surface area contributed by atoms with Gasteiger partial charge in [-0.2, -0.15) is 0 Å². The van der Waals surface area contributed by atoms with Gasteiger partial charge in [-0.3, -0.25) is 14.4 Å². The van der Waals surface area contributed by atoms with Gasteiger partial charge >= 0.3 is 5.97 Å². The number of carbonyl (C=O) groups excluding carboxylic acids is 3. The molecule has 0 radical (unpaired) electrons. The highest BCUT2D eigenvalue weighted by Crippen LogP contribution is 2.17. The van der Waals surface area contributed by atoms with Gasteiger partial charge in [-0.15, -0.1) is 0 Å². The number of benzene rings is 1. The van der Waals surface area contributed by atoms with Crippen LogP contribution in [0.5, 0.6) is 0 Å². The quantitative estimate of drug-likeness (QED) is 0.791. The summed E-state index contributed by atoms with van der Waals surface area (Å²) in [5.41, 5.74) is 1.64. The summed E-state index contributed by atoms with van der Waals surface area (Å²) in [5, 5.41) is 2.51. The summed E-state index contributed by atoms with van der Waals surface area (Å²) < 4.78 is 4.89. The van der Waals surface area contributed by atoms with Crippen molar-refractivity contribution in [3.8, 4) is 0 Å². The first-order valence-corrected chi connectivity index (χ1v) is 8.09. The molecule has 1 N–H and O–H groups in total. The molecular formula is C15H19N3O4S. The van der Waals surface area contributed by atoms with E-state index in [1.54, 1.807) is 12.1 Å². The van der Waals surface area contributed by atoms with Crippen molar-refractivity contribution in [3.05, 3.63) is 24.3 Å². The van der Waals surface area contributed by atoms with Gasteiger partial charge in [-0.1, -0.05) is 11.8 Å². The second-order valence-corrected chi connectivity index (χ2v) is 6.23. The Kier molecular flexibility index (Phi) is 5.86. The zero-order valence-corrected chi connectivity index (χ0v) is 13.9. The van der Waals surface area contributed by atoms with Gasteiger partial charge in [0.2, 0.25) is 0 Å². The molecule has 8 heteroatoms. The van der Waals surface area contributed by atoms with Crippen LogP contribution >= 0.6 is 11.8 Å². The number of nitrogens with one attached hydrogen (secondary N) is 1. The van der Waals surface area contributed by atoms with E-state index in [4.69, 9.17) is 4.74 Å². The van der Waals surface area contributed by atoms with Crippen LogP contribution in [-0.4, -0.2) is 61.6 Å². The van der Waals surface area contributed by atoms with Crippen LogP contribution in [0.2, 0.25) is 0 Å². The lowest BCUT2D eigenvalue weighted by atomic mass is 10.2. The van der Waals surface area contributed by atoms with Gasteiger partial charge in [0, 0.05) is 37.8 Å².